The minimum atomic E-state index is -0.260. The monoisotopic (exact) mass is 324 g/mol. The van der Waals surface area contributed by atoms with E-state index in [1.165, 1.54) is 12.1 Å². The fraction of sp³-hybridized carbons (Fsp3) is 0.400. The first-order valence-corrected chi connectivity index (χ1v) is 6.29. The molecular weight excluding hydrogens is 315 g/mol. The zero-order valence-corrected chi connectivity index (χ0v) is 10.8. The van der Waals surface area contributed by atoms with E-state index in [4.69, 9.17) is 4.74 Å². The first-order valence-electron chi connectivity index (χ1n) is 4.38. The van der Waals surface area contributed by atoms with Crippen LogP contribution < -0.4 is 4.74 Å². The third kappa shape index (κ3) is 3.96. The summed E-state index contributed by atoms with van der Waals surface area (Å²) in [7, 11) is 0. The average molecular weight is 326 g/mol. The van der Waals surface area contributed by atoms with Gasteiger partial charge in [0.2, 0.25) is 0 Å². The van der Waals surface area contributed by atoms with Crippen molar-refractivity contribution in [3.8, 4) is 5.75 Å². The van der Waals surface area contributed by atoms with Gasteiger partial charge in [-0.1, -0.05) is 15.9 Å². The van der Waals surface area contributed by atoms with Crippen molar-refractivity contribution in [2.75, 3.05) is 11.9 Å². The van der Waals surface area contributed by atoms with E-state index in [0.717, 1.165) is 18.2 Å². The molecule has 0 fully saturated rings. The molecule has 1 aromatic carbocycles. The molecule has 1 aromatic rings. The lowest BCUT2D eigenvalue weighted by molar-refractivity contribution is 0.307. The lowest BCUT2D eigenvalue weighted by Crippen LogP contribution is -1.98. The summed E-state index contributed by atoms with van der Waals surface area (Å²) in [5.74, 6) is 0.436. The summed E-state index contributed by atoms with van der Waals surface area (Å²) in [6.45, 7) is 0.663. The van der Waals surface area contributed by atoms with Crippen molar-refractivity contribution in [3.05, 3.63) is 28.5 Å². The highest BCUT2D eigenvalue weighted by Gasteiger charge is 2.01. The van der Waals surface area contributed by atoms with Crippen molar-refractivity contribution in [2.24, 2.45) is 0 Å². The summed E-state index contributed by atoms with van der Waals surface area (Å²) in [4.78, 5) is 0. The lowest BCUT2D eigenvalue weighted by atomic mass is 10.3. The van der Waals surface area contributed by atoms with E-state index in [2.05, 4.69) is 31.9 Å². The van der Waals surface area contributed by atoms with Crippen LogP contribution in [0.5, 0.6) is 5.75 Å². The predicted octanol–water partition coefficient (Wildman–Crippen LogP) is 4.14. The van der Waals surface area contributed by atoms with Gasteiger partial charge in [0.1, 0.15) is 11.6 Å². The molecule has 0 saturated heterocycles. The molecule has 0 radical (unpaired) electrons. The normalized spacial score (nSPS) is 10.2. The Balaban J connectivity index is 2.42. The Hall–Kier alpha value is -0.0900. The molecule has 0 atom stereocenters. The molecule has 1 rings (SSSR count). The van der Waals surface area contributed by atoms with Crippen molar-refractivity contribution >= 4 is 31.9 Å². The molecule has 0 aliphatic carbocycles. The van der Waals surface area contributed by atoms with E-state index >= 15 is 0 Å². The largest absolute Gasteiger partial charge is 0.492 e. The SMILES string of the molecule is Fc1ccc(OCCCCBr)c(Br)c1. The maximum absolute atomic E-state index is 12.7. The molecule has 78 valence electrons. The maximum Gasteiger partial charge on any atom is 0.133 e. The first-order chi connectivity index (χ1) is 6.74. The minimum Gasteiger partial charge on any atom is -0.492 e. The smallest absolute Gasteiger partial charge is 0.133 e. The predicted molar refractivity (Wildman–Crippen MR) is 62.6 cm³/mol. The molecule has 0 spiro atoms. The third-order valence-corrected chi connectivity index (χ3v) is 2.86. The topological polar surface area (TPSA) is 9.23 Å². The number of hydrogen-bond acceptors (Lipinski definition) is 1. The van der Waals surface area contributed by atoms with Gasteiger partial charge in [-0.2, -0.15) is 0 Å². The van der Waals surface area contributed by atoms with Gasteiger partial charge in [0.05, 0.1) is 11.1 Å². The summed E-state index contributed by atoms with van der Waals surface area (Å²) in [6.07, 6.45) is 2.08. The van der Waals surface area contributed by atoms with Gasteiger partial charge in [0.25, 0.3) is 0 Å². The Morgan fingerprint density at radius 3 is 2.71 bits per heavy atom. The van der Waals surface area contributed by atoms with E-state index in [-0.39, 0.29) is 5.82 Å². The fourth-order valence-electron chi connectivity index (χ4n) is 0.971. The minimum absolute atomic E-state index is 0.260. The average Bonchev–Trinajstić information content (AvgIpc) is 2.15. The Labute approximate surface area is 99.9 Å². The Kier molecular flexibility index (Phi) is 5.48. The van der Waals surface area contributed by atoms with Crippen LogP contribution in [0.4, 0.5) is 4.39 Å². The standard InChI is InChI=1S/C10H11Br2FO/c11-5-1-2-6-14-10-4-3-8(13)7-9(10)12/h3-4,7H,1-2,5-6H2. The molecule has 14 heavy (non-hydrogen) atoms. The first kappa shape index (κ1) is 12.0. The van der Waals surface area contributed by atoms with Crippen molar-refractivity contribution in [1.29, 1.82) is 0 Å². The van der Waals surface area contributed by atoms with E-state index in [0.29, 0.717) is 16.8 Å². The molecule has 0 unspecified atom stereocenters. The summed E-state index contributed by atoms with van der Waals surface area (Å²) in [5.41, 5.74) is 0. The van der Waals surface area contributed by atoms with E-state index < -0.39 is 0 Å². The van der Waals surface area contributed by atoms with Crippen molar-refractivity contribution in [2.45, 2.75) is 12.8 Å². The molecule has 1 nitrogen and oxygen atoms in total. The molecule has 0 aliphatic rings. The molecule has 0 heterocycles. The zero-order chi connectivity index (χ0) is 10.4. The third-order valence-electron chi connectivity index (χ3n) is 1.68. The number of ether oxygens (including phenoxy) is 1. The highest BCUT2D eigenvalue weighted by molar-refractivity contribution is 9.10. The van der Waals surface area contributed by atoms with Crippen LogP contribution in [0, 0.1) is 5.82 Å². The highest BCUT2D eigenvalue weighted by Crippen LogP contribution is 2.25. The van der Waals surface area contributed by atoms with Gasteiger partial charge in [-0.25, -0.2) is 4.39 Å². The number of benzene rings is 1. The van der Waals surface area contributed by atoms with Gasteiger partial charge >= 0.3 is 0 Å². The van der Waals surface area contributed by atoms with Crippen LogP contribution in [-0.4, -0.2) is 11.9 Å². The summed E-state index contributed by atoms with van der Waals surface area (Å²) >= 11 is 6.59. The summed E-state index contributed by atoms with van der Waals surface area (Å²) < 4.78 is 18.8. The Morgan fingerprint density at radius 1 is 1.29 bits per heavy atom. The van der Waals surface area contributed by atoms with Gasteiger partial charge in [0, 0.05) is 5.33 Å². The van der Waals surface area contributed by atoms with Crippen LogP contribution in [0.15, 0.2) is 22.7 Å². The van der Waals surface area contributed by atoms with Gasteiger partial charge in [-0.15, -0.1) is 0 Å². The van der Waals surface area contributed by atoms with E-state index in [1.54, 1.807) is 6.07 Å². The van der Waals surface area contributed by atoms with Gasteiger partial charge in [-0.3, -0.25) is 0 Å². The van der Waals surface area contributed by atoms with Crippen LogP contribution in [0.2, 0.25) is 0 Å². The van der Waals surface area contributed by atoms with Gasteiger partial charge < -0.3 is 4.74 Å². The summed E-state index contributed by atoms with van der Waals surface area (Å²) in [5, 5.41) is 0.987. The number of rotatable bonds is 5. The molecular formula is C10H11Br2FO. The number of unbranched alkanes of at least 4 members (excludes halogenated alkanes) is 1. The molecule has 0 aromatic heterocycles. The van der Waals surface area contributed by atoms with Crippen LogP contribution in [0.1, 0.15) is 12.8 Å². The van der Waals surface area contributed by atoms with Crippen LogP contribution >= 0.6 is 31.9 Å². The molecule has 0 aliphatic heterocycles. The van der Waals surface area contributed by atoms with Crippen LogP contribution in [0.3, 0.4) is 0 Å². The second kappa shape index (κ2) is 6.40. The van der Waals surface area contributed by atoms with E-state index in [1.807, 2.05) is 0 Å². The molecule has 0 amide bonds. The zero-order valence-electron chi connectivity index (χ0n) is 7.60. The second-order valence-electron chi connectivity index (χ2n) is 2.82. The van der Waals surface area contributed by atoms with Gasteiger partial charge in [0.15, 0.2) is 0 Å². The number of alkyl halides is 1. The molecule has 0 bridgehead atoms. The second-order valence-corrected chi connectivity index (χ2v) is 4.47. The number of halogens is 3. The lowest BCUT2D eigenvalue weighted by Gasteiger charge is -2.07. The van der Waals surface area contributed by atoms with Crippen molar-refractivity contribution in [1.82, 2.24) is 0 Å². The molecule has 4 heteroatoms. The van der Waals surface area contributed by atoms with Crippen molar-refractivity contribution in [3.63, 3.8) is 0 Å². The van der Waals surface area contributed by atoms with Gasteiger partial charge in [-0.05, 0) is 47.0 Å². The van der Waals surface area contributed by atoms with Crippen LogP contribution in [0.25, 0.3) is 0 Å². The molecule has 0 saturated carbocycles. The van der Waals surface area contributed by atoms with Crippen LogP contribution in [-0.2, 0) is 0 Å². The molecule has 0 N–H and O–H groups in total. The van der Waals surface area contributed by atoms with E-state index in [9.17, 15) is 4.39 Å². The van der Waals surface area contributed by atoms with Crippen molar-refractivity contribution < 1.29 is 9.13 Å². The fourth-order valence-corrected chi connectivity index (χ4v) is 1.83. The summed E-state index contributed by atoms with van der Waals surface area (Å²) in [6, 6.07) is 4.43. The maximum atomic E-state index is 12.7. The highest BCUT2D eigenvalue weighted by atomic mass is 79.9. The Bertz CT molecular complexity index is 291. The Morgan fingerprint density at radius 2 is 2.07 bits per heavy atom. The number of hydrogen-bond donors (Lipinski definition) is 0. The quantitative estimate of drug-likeness (QED) is 0.584.